The van der Waals surface area contributed by atoms with Gasteiger partial charge in [-0.2, -0.15) is 0 Å². The van der Waals surface area contributed by atoms with Crippen molar-refractivity contribution in [1.82, 2.24) is 10.6 Å². The lowest BCUT2D eigenvalue weighted by Gasteiger charge is -2.39. The summed E-state index contributed by atoms with van der Waals surface area (Å²) in [5, 5.41) is 6.22. The van der Waals surface area contributed by atoms with Crippen LogP contribution in [0.3, 0.4) is 0 Å². The maximum Gasteiger partial charge on any atom is 0.224 e. The number of carbonyl (C=O) groups is 1. The zero-order valence-corrected chi connectivity index (χ0v) is 15.2. The van der Waals surface area contributed by atoms with Crippen molar-refractivity contribution in [2.75, 3.05) is 33.4 Å². The first-order valence-corrected chi connectivity index (χ1v) is 8.15. The maximum atomic E-state index is 12.3. The number of aryl methyl sites for hydroxylation is 1. The van der Waals surface area contributed by atoms with Gasteiger partial charge in [-0.15, -0.1) is 12.4 Å². The average molecular weight is 341 g/mol. The molecule has 1 amide bonds. The average Bonchev–Trinajstić information content (AvgIpc) is 2.54. The molecule has 1 unspecified atom stereocenters. The van der Waals surface area contributed by atoms with Crippen molar-refractivity contribution in [1.29, 1.82) is 0 Å². The van der Waals surface area contributed by atoms with E-state index in [1.165, 1.54) is 11.1 Å². The van der Waals surface area contributed by atoms with E-state index in [-0.39, 0.29) is 29.6 Å². The number of ether oxygens (including phenoxy) is 1. The van der Waals surface area contributed by atoms with Crippen molar-refractivity contribution in [3.63, 3.8) is 0 Å². The molecular formula is C18H29ClN2O2. The normalized spacial score (nSPS) is 17.9. The third-order valence-electron chi connectivity index (χ3n) is 4.73. The highest BCUT2D eigenvalue weighted by atomic mass is 35.5. The fourth-order valence-electron chi connectivity index (χ4n) is 3.30. The van der Waals surface area contributed by atoms with Gasteiger partial charge in [-0.25, -0.2) is 0 Å². The molecule has 2 rings (SSSR count). The largest absolute Gasteiger partial charge is 0.381 e. The van der Waals surface area contributed by atoms with E-state index >= 15 is 0 Å². The highest BCUT2D eigenvalue weighted by Crippen LogP contribution is 2.36. The predicted molar refractivity (Wildman–Crippen MR) is 96.3 cm³/mol. The summed E-state index contributed by atoms with van der Waals surface area (Å²) >= 11 is 0. The van der Waals surface area contributed by atoms with Crippen molar-refractivity contribution in [3.8, 4) is 0 Å². The Bertz CT molecular complexity index is 502. The molecule has 2 N–H and O–H groups in total. The molecule has 23 heavy (non-hydrogen) atoms. The summed E-state index contributed by atoms with van der Waals surface area (Å²) in [5.74, 6) is 0.104. The van der Waals surface area contributed by atoms with Gasteiger partial charge in [0.1, 0.15) is 0 Å². The summed E-state index contributed by atoms with van der Waals surface area (Å²) in [7, 11) is 1.87. The van der Waals surface area contributed by atoms with Crippen LogP contribution in [0.25, 0.3) is 0 Å². The van der Waals surface area contributed by atoms with Crippen LogP contribution in [-0.2, 0) is 14.9 Å². The highest BCUT2D eigenvalue weighted by molar-refractivity contribution is 5.85. The van der Waals surface area contributed by atoms with Gasteiger partial charge in [0.2, 0.25) is 5.91 Å². The van der Waals surface area contributed by atoms with E-state index in [1.54, 1.807) is 0 Å². The Kier molecular flexibility index (Phi) is 8.03. The van der Waals surface area contributed by atoms with Gasteiger partial charge in [0.05, 0.1) is 0 Å². The fraction of sp³-hybridized carbons (Fsp3) is 0.611. The van der Waals surface area contributed by atoms with E-state index in [0.717, 1.165) is 26.1 Å². The molecule has 1 aromatic rings. The van der Waals surface area contributed by atoms with E-state index in [9.17, 15) is 4.79 Å². The lowest BCUT2D eigenvalue weighted by atomic mass is 9.72. The van der Waals surface area contributed by atoms with Crippen LogP contribution >= 0.6 is 12.4 Å². The summed E-state index contributed by atoms with van der Waals surface area (Å²) in [5.41, 5.74) is 2.64. The minimum absolute atomic E-state index is 0. The van der Waals surface area contributed by atoms with Crippen LogP contribution in [0.15, 0.2) is 24.3 Å². The van der Waals surface area contributed by atoms with Crippen molar-refractivity contribution >= 4 is 18.3 Å². The quantitative estimate of drug-likeness (QED) is 0.836. The number of hydrogen-bond acceptors (Lipinski definition) is 3. The summed E-state index contributed by atoms with van der Waals surface area (Å²) < 4.78 is 5.56. The molecule has 0 radical (unpaired) electrons. The molecule has 1 saturated heterocycles. The molecule has 1 heterocycles. The van der Waals surface area contributed by atoms with Crippen molar-refractivity contribution in [2.45, 2.75) is 32.1 Å². The second-order valence-corrected chi connectivity index (χ2v) is 6.38. The van der Waals surface area contributed by atoms with Crippen molar-refractivity contribution in [2.24, 2.45) is 5.92 Å². The maximum absolute atomic E-state index is 12.3. The lowest BCUT2D eigenvalue weighted by Crippen LogP contribution is -2.47. The van der Waals surface area contributed by atoms with Crippen LogP contribution in [0.5, 0.6) is 0 Å². The summed E-state index contributed by atoms with van der Waals surface area (Å²) in [4.78, 5) is 12.3. The molecule has 0 bridgehead atoms. The second kappa shape index (κ2) is 9.26. The molecule has 1 aliphatic rings. The van der Waals surface area contributed by atoms with Gasteiger partial charge in [0.15, 0.2) is 0 Å². The Hall–Kier alpha value is -1.10. The zero-order valence-electron chi connectivity index (χ0n) is 14.4. The first kappa shape index (κ1) is 19.9. The number of rotatable bonds is 6. The molecule has 1 fully saturated rings. The van der Waals surface area contributed by atoms with Crippen LogP contribution in [0.1, 0.15) is 30.9 Å². The Labute approximate surface area is 145 Å². The summed E-state index contributed by atoms with van der Waals surface area (Å²) in [6.45, 7) is 7.02. The lowest BCUT2D eigenvalue weighted by molar-refractivity contribution is -0.124. The summed E-state index contributed by atoms with van der Waals surface area (Å²) in [6.07, 6.45) is 1.91. The minimum Gasteiger partial charge on any atom is -0.381 e. The number of carbonyl (C=O) groups excluding carboxylic acids is 1. The highest BCUT2D eigenvalue weighted by Gasteiger charge is 2.36. The molecule has 0 saturated carbocycles. The van der Waals surface area contributed by atoms with Gasteiger partial charge in [-0.3, -0.25) is 4.79 Å². The molecule has 0 spiro atoms. The molecule has 1 atom stereocenters. The minimum atomic E-state index is -0.0150. The monoisotopic (exact) mass is 340 g/mol. The third-order valence-corrected chi connectivity index (χ3v) is 4.73. The van der Waals surface area contributed by atoms with E-state index < -0.39 is 0 Å². The topological polar surface area (TPSA) is 50.4 Å². The molecule has 130 valence electrons. The number of hydrogen-bond donors (Lipinski definition) is 2. The zero-order chi connectivity index (χ0) is 16.0. The van der Waals surface area contributed by atoms with Crippen molar-refractivity contribution < 1.29 is 9.53 Å². The van der Waals surface area contributed by atoms with Crippen LogP contribution in [0.4, 0.5) is 0 Å². The van der Waals surface area contributed by atoms with Crippen molar-refractivity contribution in [3.05, 3.63) is 35.4 Å². The molecular weight excluding hydrogens is 312 g/mol. The molecule has 1 aromatic carbocycles. The van der Waals surface area contributed by atoms with Gasteiger partial charge in [-0.05, 0) is 37.9 Å². The summed E-state index contributed by atoms with van der Waals surface area (Å²) in [6, 6.07) is 8.51. The Morgan fingerprint density at radius 3 is 2.57 bits per heavy atom. The molecule has 0 aromatic heterocycles. The SMILES string of the molecule is CNCC(C)C(=O)NCC1(c2ccccc2C)CCOCC1.Cl. The van der Waals surface area contributed by atoms with Crippen LogP contribution < -0.4 is 10.6 Å². The van der Waals surface area contributed by atoms with E-state index in [2.05, 4.69) is 41.8 Å². The van der Waals surface area contributed by atoms with Crippen LogP contribution in [0, 0.1) is 12.8 Å². The molecule has 4 nitrogen and oxygen atoms in total. The van der Waals surface area contributed by atoms with E-state index in [4.69, 9.17) is 4.74 Å². The van der Waals surface area contributed by atoms with Gasteiger partial charge >= 0.3 is 0 Å². The van der Waals surface area contributed by atoms with Crippen LogP contribution in [0.2, 0.25) is 0 Å². The fourth-order valence-corrected chi connectivity index (χ4v) is 3.30. The van der Waals surface area contributed by atoms with Crippen LogP contribution in [-0.4, -0.2) is 39.3 Å². The van der Waals surface area contributed by atoms with E-state index in [0.29, 0.717) is 13.1 Å². The second-order valence-electron chi connectivity index (χ2n) is 6.38. The number of halogens is 1. The van der Waals surface area contributed by atoms with Gasteiger partial charge in [-0.1, -0.05) is 31.2 Å². The van der Waals surface area contributed by atoms with Gasteiger partial charge in [0, 0.05) is 37.6 Å². The molecule has 0 aliphatic carbocycles. The predicted octanol–water partition coefficient (Wildman–Crippen LogP) is 2.44. The first-order chi connectivity index (χ1) is 10.6. The number of nitrogens with one attached hydrogen (secondary N) is 2. The Morgan fingerprint density at radius 1 is 1.30 bits per heavy atom. The molecule has 5 heteroatoms. The smallest absolute Gasteiger partial charge is 0.224 e. The molecule has 1 aliphatic heterocycles. The van der Waals surface area contributed by atoms with E-state index in [1.807, 2.05) is 14.0 Å². The van der Waals surface area contributed by atoms with Gasteiger partial charge < -0.3 is 15.4 Å². The number of benzene rings is 1. The van der Waals surface area contributed by atoms with Gasteiger partial charge in [0.25, 0.3) is 0 Å². The Morgan fingerprint density at radius 2 is 1.96 bits per heavy atom. The third kappa shape index (κ3) is 4.93. The number of amides is 1. The standard InChI is InChI=1S/C18H28N2O2.ClH/c1-14-6-4-5-7-16(14)18(8-10-22-11-9-18)13-20-17(21)15(2)12-19-3;/h4-7,15,19H,8-13H2,1-3H3,(H,20,21);1H. The Balaban J connectivity index is 0.00000264. The first-order valence-electron chi connectivity index (χ1n) is 8.15.